The number of carbonyl (C=O) groups is 1. The van der Waals surface area contributed by atoms with Crippen LogP contribution in [0.4, 0.5) is 11.9 Å². The number of nitrogen functional groups attached to an aromatic ring is 2. The number of anilines is 2. The van der Waals surface area contributed by atoms with Crippen molar-refractivity contribution < 1.29 is 4.79 Å². The van der Waals surface area contributed by atoms with E-state index in [1.54, 1.807) is 18.5 Å². The van der Waals surface area contributed by atoms with Gasteiger partial charge in [-0.05, 0) is 31.9 Å². The first-order valence-corrected chi connectivity index (χ1v) is 9.06. The van der Waals surface area contributed by atoms with Crippen LogP contribution in [0.15, 0.2) is 24.5 Å². The van der Waals surface area contributed by atoms with E-state index in [0.29, 0.717) is 48.2 Å². The molecule has 1 aliphatic rings. The lowest BCUT2D eigenvalue weighted by Crippen LogP contribution is -2.38. The summed E-state index contributed by atoms with van der Waals surface area (Å²) in [6.07, 6.45) is 4.97. The smallest absolute Gasteiger partial charge is 0.255 e. The topological polar surface area (TPSA) is 129 Å². The van der Waals surface area contributed by atoms with Gasteiger partial charge >= 0.3 is 0 Å². The third-order valence-corrected chi connectivity index (χ3v) is 5.07. The number of likely N-dealkylation sites (tertiary alicyclic amines) is 1. The molecule has 4 rings (SSSR count). The molecule has 1 aliphatic heterocycles. The molecular formula is C18H22N8O. The lowest BCUT2D eigenvalue weighted by molar-refractivity contribution is 0.0712. The van der Waals surface area contributed by atoms with Crippen molar-refractivity contribution >= 4 is 29.0 Å². The molecule has 0 saturated carbocycles. The molecule has 1 amide bonds. The van der Waals surface area contributed by atoms with Crippen molar-refractivity contribution in [2.24, 2.45) is 0 Å². The number of nitrogens with zero attached hydrogens (tertiary/aromatic N) is 6. The molecular weight excluding hydrogens is 344 g/mol. The van der Waals surface area contributed by atoms with Crippen molar-refractivity contribution in [3.8, 4) is 0 Å². The molecule has 0 unspecified atom stereocenters. The van der Waals surface area contributed by atoms with Gasteiger partial charge in [0, 0.05) is 43.6 Å². The first kappa shape index (κ1) is 17.2. The van der Waals surface area contributed by atoms with Gasteiger partial charge in [-0.25, -0.2) is 19.9 Å². The number of amides is 1. The summed E-state index contributed by atoms with van der Waals surface area (Å²) < 4.78 is 1.82. The van der Waals surface area contributed by atoms with Gasteiger partial charge in [-0.1, -0.05) is 0 Å². The summed E-state index contributed by atoms with van der Waals surface area (Å²) in [5.74, 6) is 0.959. The van der Waals surface area contributed by atoms with Gasteiger partial charge in [0.1, 0.15) is 5.52 Å². The number of aromatic nitrogens is 5. The van der Waals surface area contributed by atoms with Gasteiger partial charge < -0.3 is 16.4 Å². The van der Waals surface area contributed by atoms with Crippen molar-refractivity contribution in [1.82, 2.24) is 29.4 Å². The van der Waals surface area contributed by atoms with Crippen molar-refractivity contribution in [3.05, 3.63) is 35.8 Å². The van der Waals surface area contributed by atoms with Crippen molar-refractivity contribution in [1.29, 1.82) is 0 Å². The third kappa shape index (κ3) is 3.16. The number of hydrogen-bond donors (Lipinski definition) is 2. The number of hydrogen-bond acceptors (Lipinski definition) is 7. The second kappa shape index (κ2) is 6.82. The Kier molecular flexibility index (Phi) is 4.35. The minimum atomic E-state index is -0.0327. The average molecular weight is 366 g/mol. The Balaban J connectivity index is 1.48. The van der Waals surface area contributed by atoms with Crippen LogP contribution in [-0.4, -0.2) is 48.4 Å². The molecule has 4 heterocycles. The van der Waals surface area contributed by atoms with Crippen LogP contribution < -0.4 is 11.5 Å². The fourth-order valence-corrected chi connectivity index (χ4v) is 3.63. The summed E-state index contributed by atoms with van der Waals surface area (Å²) in [6, 6.07) is 3.66. The van der Waals surface area contributed by atoms with E-state index in [9.17, 15) is 4.79 Å². The van der Waals surface area contributed by atoms with Gasteiger partial charge in [-0.15, -0.1) is 0 Å². The molecule has 0 aliphatic carbocycles. The Morgan fingerprint density at radius 3 is 2.70 bits per heavy atom. The van der Waals surface area contributed by atoms with Crippen LogP contribution in [0.1, 0.15) is 41.7 Å². The fourth-order valence-electron chi connectivity index (χ4n) is 3.63. The van der Waals surface area contributed by atoms with Gasteiger partial charge in [0.05, 0.1) is 5.56 Å². The first-order valence-electron chi connectivity index (χ1n) is 9.06. The van der Waals surface area contributed by atoms with Gasteiger partial charge in [0.2, 0.25) is 11.9 Å². The fraction of sp³-hybridized carbons (Fsp3) is 0.389. The highest BCUT2D eigenvalue weighted by atomic mass is 16.2. The number of nitrogens with two attached hydrogens (primary N) is 2. The third-order valence-electron chi connectivity index (χ3n) is 5.07. The summed E-state index contributed by atoms with van der Waals surface area (Å²) in [5.41, 5.74) is 14.4. The van der Waals surface area contributed by atoms with Gasteiger partial charge in [-0.3, -0.25) is 9.36 Å². The maximum Gasteiger partial charge on any atom is 0.255 e. The lowest BCUT2D eigenvalue weighted by Gasteiger charge is -2.31. The molecule has 27 heavy (non-hydrogen) atoms. The number of pyridine rings is 1. The summed E-state index contributed by atoms with van der Waals surface area (Å²) >= 11 is 0. The highest BCUT2D eigenvalue weighted by molar-refractivity contribution is 5.96. The second-order valence-corrected chi connectivity index (χ2v) is 6.69. The van der Waals surface area contributed by atoms with E-state index >= 15 is 0 Å². The van der Waals surface area contributed by atoms with E-state index in [1.807, 2.05) is 22.5 Å². The molecule has 9 nitrogen and oxygen atoms in total. The van der Waals surface area contributed by atoms with E-state index < -0.39 is 0 Å². The van der Waals surface area contributed by atoms with Gasteiger partial charge in [0.15, 0.2) is 5.65 Å². The molecule has 3 aromatic rings. The molecule has 0 aromatic carbocycles. The Morgan fingerprint density at radius 1 is 1.22 bits per heavy atom. The van der Waals surface area contributed by atoms with Crippen molar-refractivity contribution in [2.75, 3.05) is 24.6 Å². The monoisotopic (exact) mass is 366 g/mol. The number of imidazole rings is 1. The molecule has 1 saturated heterocycles. The average Bonchev–Trinajstić information content (AvgIpc) is 3.01. The van der Waals surface area contributed by atoms with Crippen LogP contribution >= 0.6 is 0 Å². The van der Waals surface area contributed by atoms with Crippen LogP contribution in [0.5, 0.6) is 0 Å². The minimum Gasteiger partial charge on any atom is -0.369 e. The Hall–Kier alpha value is -3.23. The molecule has 0 bridgehead atoms. The maximum absolute atomic E-state index is 12.9. The maximum atomic E-state index is 12.9. The summed E-state index contributed by atoms with van der Waals surface area (Å²) in [6.45, 7) is 3.99. The molecule has 0 radical (unpaired) electrons. The minimum absolute atomic E-state index is 0.0327. The summed E-state index contributed by atoms with van der Waals surface area (Å²) in [4.78, 5) is 31.7. The highest BCUT2D eigenvalue weighted by Gasteiger charge is 2.26. The second-order valence-electron chi connectivity index (χ2n) is 6.69. The van der Waals surface area contributed by atoms with Crippen LogP contribution in [0.3, 0.4) is 0 Å². The zero-order chi connectivity index (χ0) is 19.0. The van der Waals surface area contributed by atoms with Crippen molar-refractivity contribution in [3.63, 3.8) is 0 Å². The number of aryl methyl sites for hydroxylation is 1. The highest BCUT2D eigenvalue weighted by Crippen LogP contribution is 2.28. The summed E-state index contributed by atoms with van der Waals surface area (Å²) in [5, 5.41) is 0. The van der Waals surface area contributed by atoms with Crippen LogP contribution in [0, 0.1) is 0 Å². The van der Waals surface area contributed by atoms with E-state index in [0.717, 1.165) is 18.5 Å². The van der Waals surface area contributed by atoms with Gasteiger partial charge in [-0.2, -0.15) is 0 Å². The van der Waals surface area contributed by atoms with Crippen LogP contribution in [0.2, 0.25) is 0 Å². The number of carbonyl (C=O) groups excluding carboxylic acids is 1. The first-order chi connectivity index (χ1) is 13.1. The normalized spacial score (nSPS) is 15.4. The molecule has 0 atom stereocenters. The van der Waals surface area contributed by atoms with E-state index in [-0.39, 0.29) is 11.9 Å². The van der Waals surface area contributed by atoms with E-state index in [4.69, 9.17) is 11.5 Å². The predicted octanol–water partition coefficient (Wildman–Crippen LogP) is 1.43. The molecule has 4 N–H and O–H groups in total. The largest absolute Gasteiger partial charge is 0.369 e. The molecule has 140 valence electrons. The number of fused-ring (bicyclic) bond motifs is 1. The molecule has 9 heteroatoms. The zero-order valence-corrected chi connectivity index (χ0v) is 15.2. The lowest BCUT2D eigenvalue weighted by atomic mass is 9.93. The Morgan fingerprint density at radius 2 is 2.00 bits per heavy atom. The van der Waals surface area contributed by atoms with Crippen LogP contribution in [-0.2, 0) is 6.54 Å². The summed E-state index contributed by atoms with van der Waals surface area (Å²) in [7, 11) is 0. The quantitative estimate of drug-likeness (QED) is 0.717. The van der Waals surface area contributed by atoms with Crippen LogP contribution in [0.25, 0.3) is 11.2 Å². The molecule has 3 aromatic heterocycles. The zero-order valence-electron chi connectivity index (χ0n) is 15.2. The number of piperidine rings is 1. The number of rotatable bonds is 3. The van der Waals surface area contributed by atoms with E-state index in [2.05, 4.69) is 19.9 Å². The van der Waals surface area contributed by atoms with Gasteiger partial charge in [0.25, 0.3) is 5.91 Å². The molecule has 1 fully saturated rings. The molecule has 0 spiro atoms. The SMILES string of the molecule is CCn1c(N)nc2cc(C(=O)N3CCC(c4ccnc(N)n4)CC3)cnc21. The Bertz CT molecular complexity index is 990. The Labute approximate surface area is 156 Å². The van der Waals surface area contributed by atoms with E-state index in [1.165, 1.54) is 0 Å². The van der Waals surface area contributed by atoms with Crippen molar-refractivity contribution in [2.45, 2.75) is 32.2 Å². The standard InChI is InChI=1S/C18H22N8O/c1-2-26-15-14(24-18(26)20)9-12(10-22-15)16(27)25-7-4-11(5-8-25)13-3-6-21-17(19)23-13/h3,6,9-11H,2,4-5,7-8H2,1H3,(H2,20,24)(H2,19,21,23). The predicted molar refractivity (Wildman–Crippen MR) is 102 cm³/mol.